The molecule has 0 aliphatic rings. The first kappa shape index (κ1) is 16.0. The molecule has 0 radical (unpaired) electrons. The number of hydrogen-bond acceptors (Lipinski definition) is 3. The lowest BCUT2D eigenvalue weighted by molar-refractivity contribution is -0.121. The first-order chi connectivity index (χ1) is 10.5. The number of fused-ring (bicyclic) bond motifs is 1. The van der Waals surface area contributed by atoms with Gasteiger partial charge in [-0.15, -0.1) is 0 Å². The third-order valence-electron chi connectivity index (χ3n) is 3.44. The maximum Gasteiger partial charge on any atom is 0.239 e. The van der Waals surface area contributed by atoms with E-state index in [0.717, 1.165) is 16.6 Å². The zero-order chi connectivity index (χ0) is 16.1. The number of nitrogens with one attached hydrogen (secondary N) is 2. The van der Waals surface area contributed by atoms with Gasteiger partial charge < -0.3 is 20.1 Å². The molecule has 0 aliphatic carbocycles. The van der Waals surface area contributed by atoms with Crippen LogP contribution in [0.2, 0.25) is 0 Å². The van der Waals surface area contributed by atoms with Gasteiger partial charge in [-0.25, -0.2) is 0 Å². The Morgan fingerprint density at radius 1 is 1.18 bits per heavy atom. The number of amides is 2. The molecule has 1 heterocycles. The van der Waals surface area contributed by atoms with E-state index in [1.165, 1.54) is 0 Å². The summed E-state index contributed by atoms with van der Waals surface area (Å²) < 4.78 is 1.86. The maximum absolute atomic E-state index is 11.9. The Labute approximate surface area is 130 Å². The fourth-order valence-corrected chi connectivity index (χ4v) is 2.18. The highest BCUT2D eigenvalue weighted by Gasteiger charge is 2.08. The second-order valence-electron chi connectivity index (χ2n) is 5.49. The molecule has 0 unspecified atom stereocenters. The zero-order valence-electron chi connectivity index (χ0n) is 13.2. The molecule has 2 aromatic rings. The van der Waals surface area contributed by atoms with Crippen molar-refractivity contribution in [2.24, 2.45) is 0 Å². The molecule has 2 N–H and O–H groups in total. The lowest BCUT2D eigenvalue weighted by Crippen LogP contribution is -2.23. The quantitative estimate of drug-likeness (QED) is 0.845. The van der Waals surface area contributed by atoms with Gasteiger partial charge in [0.25, 0.3) is 0 Å². The third kappa shape index (κ3) is 4.08. The van der Waals surface area contributed by atoms with Crippen LogP contribution in [-0.2, 0) is 16.1 Å². The van der Waals surface area contributed by atoms with Gasteiger partial charge in [-0.1, -0.05) is 6.07 Å². The minimum Gasteiger partial charge on any atom is -0.358 e. The zero-order valence-corrected chi connectivity index (χ0v) is 13.2. The van der Waals surface area contributed by atoms with Crippen LogP contribution in [0.1, 0.15) is 6.42 Å². The van der Waals surface area contributed by atoms with Crippen LogP contribution in [-0.4, -0.2) is 49.0 Å². The molecular formula is C16H22N4O2. The highest BCUT2D eigenvalue weighted by Crippen LogP contribution is 2.20. The van der Waals surface area contributed by atoms with Gasteiger partial charge in [-0.2, -0.15) is 0 Å². The molecule has 6 heteroatoms. The van der Waals surface area contributed by atoms with E-state index in [9.17, 15) is 9.59 Å². The largest absolute Gasteiger partial charge is 0.358 e. The van der Waals surface area contributed by atoms with E-state index in [1.54, 1.807) is 7.05 Å². The molecule has 0 spiro atoms. The summed E-state index contributed by atoms with van der Waals surface area (Å²) in [7, 11) is 5.49. The second kappa shape index (κ2) is 7.09. The van der Waals surface area contributed by atoms with E-state index in [-0.39, 0.29) is 18.4 Å². The van der Waals surface area contributed by atoms with E-state index >= 15 is 0 Å². The molecule has 1 aromatic heterocycles. The summed E-state index contributed by atoms with van der Waals surface area (Å²) in [6.07, 6.45) is 2.32. The molecule has 2 rings (SSSR count). The Bertz CT molecular complexity index is 676. The van der Waals surface area contributed by atoms with Gasteiger partial charge in [0, 0.05) is 31.9 Å². The van der Waals surface area contributed by atoms with Crippen molar-refractivity contribution in [3.63, 3.8) is 0 Å². The maximum atomic E-state index is 11.9. The van der Waals surface area contributed by atoms with Gasteiger partial charge in [0.1, 0.15) is 6.54 Å². The van der Waals surface area contributed by atoms with Gasteiger partial charge in [-0.3, -0.25) is 9.59 Å². The number of rotatable bonds is 6. The average Bonchev–Trinajstić information content (AvgIpc) is 2.87. The molecule has 22 heavy (non-hydrogen) atoms. The van der Waals surface area contributed by atoms with Crippen LogP contribution < -0.4 is 10.6 Å². The molecule has 118 valence electrons. The highest BCUT2D eigenvalue weighted by atomic mass is 16.2. The minimum absolute atomic E-state index is 0.0162. The molecule has 0 aliphatic heterocycles. The van der Waals surface area contributed by atoms with Crippen molar-refractivity contribution in [1.82, 2.24) is 14.8 Å². The van der Waals surface area contributed by atoms with Gasteiger partial charge >= 0.3 is 0 Å². The normalized spacial score (nSPS) is 10.9. The Morgan fingerprint density at radius 2 is 1.95 bits per heavy atom. The molecular weight excluding hydrogens is 280 g/mol. The van der Waals surface area contributed by atoms with Crippen LogP contribution in [0.25, 0.3) is 10.9 Å². The molecule has 0 fully saturated rings. The Balaban J connectivity index is 2.13. The lowest BCUT2D eigenvalue weighted by Gasteiger charge is -2.10. The van der Waals surface area contributed by atoms with Crippen molar-refractivity contribution < 1.29 is 9.59 Å². The molecule has 0 atom stereocenters. The van der Waals surface area contributed by atoms with E-state index < -0.39 is 0 Å². The van der Waals surface area contributed by atoms with Crippen molar-refractivity contribution in [2.45, 2.75) is 13.0 Å². The highest BCUT2D eigenvalue weighted by molar-refractivity contribution is 5.94. The first-order valence-electron chi connectivity index (χ1n) is 7.23. The summed E-state index contributed by atoms with van der Waals surface area (Å²) in [6, 6.07) is 7.67. The Hall–Kier alpha value is -2.34. The summed E-state index contributed by atoms with van der Waals surface area (Å²) >= 11 is 0. The summed E-state index contributed by atoms with van der Waals surface area (Å²) in [6.45, 7) is 0.971. The van der Waals surface area contributed by atoms with Gasteiger partial charge in [-0.05, 0) is 37.7 Å². The Morgan fingerprint density at radius 3 is 2.64 bits per heavy atom. The van der Waals surface area contributed by atoms with E-state index in [2.05, 4.69) is 10.6 Å². The van der Waals surface area contributed by atoms with Crippen molar-refractivity contribution >= 4 is 28.4 Å². The SMILES string of the molecule is CNC(=O)Cn1ccc2ccc(NC(=O)CCN(C)C)cc21. The fourth-order valence-electron chi connectivity index (χ4n) is 2.18. The number of carbonyl (C=O) groups is 2. The van der Waals surface area contributed by atoms with E-state index in [4.69, 9.17) is 0 Å². The Kier molecular flexibility index (Phi) is 5.16. The standard InChI is InChI=1S/C16H22N4O2/c1-17-16(22)11-20-9-6-12-4-5-13(10-14(12)20)18-15(21)7-8-19(2)3/h4-6,9-10H,7-8,11H2,1-3H3,(H,17,22)(H,18,21). The lowest BCUT2D eigenvalue weighted by atomic mass is 10.2. The number of likely N-dealkylation sites (N-methyl/N-ethyl adjacent to an activating group) is 1. The van der Waals surface area contributed by atoms with Crippen molar-refractivity contribution in [3.8, 4) is 0 Å². The van der Waals surface area contributed by atoms with Crippen molar-refractivity contribution in [2.75, 3.05) is 33.0 Å². The van der Waals surface area contributed by atoms with Crippen LogP contribution in [0.3, 0.4) is 0 Å². The summed E-state index contributed by atoms with van der Waals surface area (Å²) in [4.78, 5) is 25.4. The smallest absolute Gasteiger partial charge is 0.239 e. The first-order valence-corrected chi connectivity index (χ1v) is 7.23. The number of aromatic nitrogens is 1. The van der Waals surface area contributed by atoms with Gasteiger partial charge in [0.15, 0.2) is 0 Å². The fraction of sp³-hybridized carbons (Fsp3) is 0.375. The van der Waals surface area contributed by atoms with Crippen LogP contribution in [0, 0.1) is 0 Å². The number of carbonyl (C=O) groups excluding carboxylic acids is 2. The van der Waals surface area contributed by atoms with Crippen LogP contribution in [0.4, 0.5) is 5.69 Å². The van der Waals surface area contributed by atoms with Crippen molar-refractivity contribution in [1.29, 1.82) is 0 Å². The number of nitrogens with zero attached hydrogens (tertiary/aromatic N) is 2. The second-order valence-corrected chi connectivity index (χ2v) is 5.49. The average molecular weight is 302 g/mol. The van der Waals surface area contributed by atoms with Crippen LogP contribution in [0.5, 0.6) is 0 Å². The third-order valence-corrected chi connectivity index (χ3v) is 3.44. The predicted molar refractivity (Wildman–Crippen MR) is 87.8 cm³/mol. The van der Waals surface area contributed by atoms with E-state index in [0.29, 0.717) is 13.0 Å². The van der Waals surface area contributed by atoms with Gasteiger partial charge in [0.2, 0.25) is 11.8 Å². The number of anilines is 1. The summed E-state index contributed by atoms with van der Waals surface area (Å²) in [5, 5.41) is 6.54. The molecule has 0 saturated carbocycles. The molecule has 2 amide bonds. The molecule has 0 bridgehead atoms. The topological polar surface area (TPSA) is 66.4 Å². The minimum atomic E-state index is -0.0575. The van der Waals surface area contributed by atoms with Crippen LogP contribution >= 0.6 is 0 Å². The molecule has 1 aromatic carbocycles. The summed E-state index contributed by atoms with van der Waals surface area (Å²) in [5.74, 6) is -0.0737. The summed E-state index contributed by atoms with van der Waals surface area (Å²) in [5.41, 5.74) is 1.67. The number of benzene rings is 1. The molecule has 6 nitrogen and oxygen atoms in total. The molecule has 0 saturated heterocycles. The van der Waals surface area contributed by atoms with Gasteiger partial charge in [0.05, 0.1) is 5.52 Å². The monoisotopic (exact) mass is 302 g/mol. The van der Waals surface area contributed by atoms with Crippen LogP contribution in [0.15, 0.2) is 30.5 Å². The van der Waals surface area contributed by atoms with E-state index in [1.807, 2.05) is 54.0 Å². The predicted octanol–water partition coefficient (Wildman–Crippen LogP) is 1.28. The number of hydrogen-bond donors (Lipinski definition) is 2. The van der Waals surface area contributed by atoms with Crippen molar-refractivity contribution in [3.05, 3.63) is 30.5 Å².